The number of hydrogen-bond acceptors (Lipinski definition) is 4. The topological polar surface area (TPSA) is 74.8 Å². The molecule has 2 amide bonds. The monoisotopic (exact) mass is 380 g/mol. The van der Waals surface area contributed by atoms with Crippen LogP contribution in [0.4, 0.5) is 0 Å². The number of rotatable bonds is 3. The van der Waals surface area contributed by atoms with E-state index in [-0.39, 0.29) is 28.5 Å². The minimum Gasteiger partial charge on any atom is -0.341 e. The Hall–Kier alpha value is -1.37. The Morgan fingerprint density at radius 3 is 2.42 bits per heavy atom. The molecule has 2 saturated heterocycles. The van der Waals surface area contributed by atoms with Crippen molar-refractivity contribution in [1.82, 2.24) is 9.80 Å². The fourth-order valence-electron chi connectivity index (χ4n) is 4.79. The van der Waals surface area contributed by atoms with Crippen molar-refractivity contribution < 1.29 is 18.0 Å². The van der Waals surface area contributed by atoms with Crippen LogP contribution in [-0.4, -0.2) is 67.2 Å². The predicted octanol–water partition coefficient (Wildman–Crippen LogP) is 1.51. The predicted molar refractivity (Wildman–Crippen MR) is 98.2 cm³/mol. The van der Waals surface area contributed by atoms with E-state index < -0.39 is 9.84 Å². The zero-order valence-electron chi connectivity index (χ0n) is 15.4. The molecule has 2 heterocycles. The smallest absolute Gasteiger partial charge is 0.250 e. The van der Waals surface area contributed by atoms with E-state index in [1.54, 1.807) is 4.90 Å². The van der Waals surface area contributed by atoms with Gasteiger partial charge in [-0.3, -0.25) is 9.59 Å². The number of carbonyl (C=O) groups is 2. The average molecular weight is 381 g/mol. The van der Waals surface area contributed by atoms with E-state index in [1.165, 1.54) is 6.26 Å². The molecule has 1 saturated carbocycles. The Morgan fingerprint density at radius 1 is 1.19 bits per heavy atom. The van der Waals surface area contributed by atoms with Gasteiger partial charge in [-0.05, 0) is 56.8 Å². The summed E-state index contributed by atoms with van der Waals surface area (Å²) in [6.07, 6.45) is 10.1. The van der Waals surface area contributed by atoms with E-state index in [1.807, 2.05) is 11.0 Å². The quantitative estimate of drug-likeness (QED) is 0.744. The van der Waals surface area contributed by atoms with Gasteiger partial charge in [0.25, 0.3) is 0 Å². The third kappa shape index (κ3) is 3.30. The zero-order chi connectivity index (χ0) is 18.5. The number of likely N-dealkylation sites (tertiary alicyclic amines) is 2. The van der Waals surface area contributed by atoms with Gasteiger partial charge in [0.15, 0.2) is 0 Å². The van der Waals surface area contributed by atoms with Gasteiger partial charge in [0.05, 0.1) is 5.25 Å². The van der Waals surface area contributed by atoms with Crippen LogP contribution in [0, 0.1) is 5.41 Å². The molecule has 0 unspecified atom stereocenters. The number of allylic oxidation sites excluding steroid dienone is 1. The molecular formula is C19H28N2O4S. The van der Waals surface area contributed by atoms with Crippen LogP contribution >= 0.6 is 0 Å². The molecule has 0 aromatic heterocycles. The molecule has 4 aliphatic rings. The fraction of sp³-hybridized carbons (Fsp3) is 0.789. The van der Waals surface area contributed by atoms with E-state index in [0.29, 0.717) is 32.5 Å². The summed E-state index contributed by atoms with van der Waals surface area (Å²) in [7, 11) is -3.05. The van der Waals surface area contributed by atoms with Crippen molar-refractivity contribution in [2.24, 2.45) is 5.41 Å². The first-order valence-corrected chi connectivity index (χ1v) is 11.7. The molecule has 2 aliphatic carbocycles. The van der Waals surface area contributed by atoms with Crippen molar-refractivity contribution in [3.05, 3.63) is 11.6 Å². The van der Waals surface area contributed by atoms with E-state index in [4.69, 9.17) is 0 Å². The lowest BCUT2D eigenvalue weighted by molar-refractivity contribution is -0.142. The lowest BCUT2D eigenvalue weighted by Gasteiger charge is -2.35. The summed E-state index contributed by atoms with van der Waals surface area (Å²) in [5.41, 5.74) is 1.04. The van der Waals surface area contributed by atoms with Crippen molar-refractivity contribution >= 4 is 21.7 Å². The minimum atomic E-state index is -3.05. The molecule has 4 rings (SSSR count). The Kier molecular flexibility index (Phi) is 4.40. The van der Waals surface area contributed by atoms with Crippen LogP contribution in [-0.2, 0) is 19.4 Å². The summed E-state index contributed by atoms with van der Waals surface area (Å²) in [6.45, 7) is 1.66. The molecule has 2 aliphatic heterocycles. The highest BCUT2D eigenvalue weighted by molar-refractivity contribution is 7.91. The normalized spacial score (nSPS) is 28.5. The van der Waals surface area contributed by atoms with E-state index in [0.717, 1.165) is 44.1 Å². The summed E-state index contributed by atoms with van der Waals surface area (Å²) in [6, 6.07) is -0.360. The highest BCUT2D eigenvalue weighted by atomic mass is 32.2. The van der Waals surface area contributed by atoms with Crippen molar-refractivity contribution in [2.75, 3.05) is 25.9 Å². The SMILES string of the molecule is CS(=O)(=O)C1CCN(C(=O)[C@@H]2CC3(CC3)CN2C(=O)C2=CCCC2)CC1. The molecule has 3 fully saturated rings. The van der Waals surface area contributed by atoms with E-state index >= 15 is 0 Å². The van der Waals surface area contributed by atoms with E-state index in [9.17, 15) is 18.0 Å². The van der Waals surface area contributed by atoms with Crippen molar-refractivity contribution in [1.29, 1.82) is 0 Å². The largest absolute Gasteiger partial charge is 0.341 e. The van der Waals surface area contributed by atoms with Crippen LogP contribution in [0.2, 0.25) is 0 Å². The molecule has 0 N–H and O–H groups in total. The first-order valence-electron chi connectivity index (χ1n) is 9.77. The summed E-state index contributed by atoms with van der Waals surface area (Å²) >= 11 is 0. The van der Waals surface area contributed by atoms with Crippen LogP contribution in [0.5, 0.6) is 0 Å². The summed E-state index contributed by atoms with van der Waals surface area (Å²) in [5.74, 6) is 0.0725. The molecule has 0 aromatic carbocycles. The second kappa shape index (κ2) is 6.36. The van der Waals surface area contributed by atoms with Crippen LogP contribution in [0.25, 0.3) is 0 Å². The maximum atomic E-state index is 13.2. The van der Waals surface area contributed by atoms with Gasteiger partial charge in [-0.1, -0.05) is 6.08 Å². The molecule has 7 heteroatoms. The van der Waals surface area contributed by atoms with Crippen LogP contribution in [0.1, 0.15) is 51.4 Å². The molecular weight excluding hydrogens is 352 g/mol. The lowest BCUT2D eigenvalue weighted by Crippen LogP contribution is -2.51. The standard InChI is InChI=1S/C19H28N2O4S/c1-26(24,25)15-6-10-20(11-7-15)18(23)16-12-19(8-9-19)13-21(16)17(22)14-4-2-3-5-14/h4,15-16H,2-3,5-13H2,1H3/t16-/m0/s1. The molecule has 0 aromatic rings. The second-order valence-electron chi connectivity index (χ2n) is 8.63. The maximum absolute atomic E-state index is 13.2. The third-order valence-corrected chi connectivity index (χ3v) is 8.37. The summed E-state index contributed by atoms with van der Waals surface area (Å²) in [5, 5.41) is -0.341. The molecule has 1 spiro atoms. The minimum absolute atomic E-state index is 0.0210. The van der Waals surface area contributed by atoms with Gasteiger partial charge in [0, 0.05) is 31.5 Å². The van der Waals surface area contributed by atoms with Gasteiger partial charge in [0.1, 0.15) is 15.9 Å². The number of carbonyl (C=O) groups excluding carboxylic acids is 2. The third-order valence-electron chi connectivity index (χ3n) is 6.69. The molecule has 26 heavy (non-hydrogen) atoms. The molecule has 6 nitrogen and oxygen atoms in total. The number of hydrogen-bond donors (Lipinski definition) is 0. The van der Waals surface area contributed by atoms with Gasteiger partial charge in [-0.25, -0.2) is 8.42 Å². The Labute approximate surface area is 155 Å². The van der Waals surface area contributed by atoms with Gasteiger partial charge in [-0.2, -0.15) is 0 Å². The van der Waals surface area contributed by atoms with E-state index in [2.05, 4.69) is 0 Å². The first kappa shape index (κ1) is 18.0. The molecule has 0 radical (unpaired) electrons. The van der Waals surface area contributed by atoms with Gasteiger partial charge < -0.3 is 9.80 Å². The van der Waals surface area contributed by atoms with Crippen molar-refractivity contribution in [3.63, 3.8) is 0 Å². The molecule has 144 valence electrons. The Balaban J connectivity index is 1.46. The van der Waals surface area contributed by atoms with Crippen LogP contribution in [0.3, 0.4) is 0 Å². The first-order chi connectivity index (χ1) is 12.3. The molecule has 0 bridgehead atoms. The maximum Gasteiger partial charge on any atom is 0.250 e. The number of piperidine rings is 1. The van der Waals surface area contributed by atoms with Gasteiger partial charge in [0.2, 0.25) is 11.8 Å². The molecule has 1 atom stereocenters. The summed E-state index contributed by atoms with van der Waals surface area (Å²) in [4.78, 5) is 29.7. The Bertz CT molecular complexity index is 746. The lowest BCUT2D eigenvalue weighted by atomic mass is 10.0. The number of sulfone groups is 1. The second-order valence-corrected chi connectivity index (χ2v) is 11.0. The zero-order valence-corrected chi connectivity index (χ0v) is 16.3. The number of nitrogens with zero attached hydrogens (tertiary/aromatic N) is 2. The fourth-order valence-corrected chi connectivity index (χ4v) is 5.86. The number of amides is 2. The van der Waals surface area contributed by atoms with Crippen LogP contribution < -0.4 is 0 Å². The van der Waals surface area contributed by atoms with Gasteiger partial charge >= 0.3 is 0 Å². The van der Waals surface area contributed by atoms with Crippen molar-refractivity contribution in [2.45, 2.75) is 62.7 Å². The highest BCUT2D eigenvalue weighted by Gasteiger charge is 2.56. The van der Waals surface area contributed by atoms with Crippen LogP contribution in [0.15, 0.2) is 11.6 Å². The Morgan fingerprint density at radius 2 is 1.88 bits per heavy atom. The van der Waals surface area contributed by atoms with Crippen molar-refractivity contribution in [3.8, 4) is 0 Å². The summed E-state index contributed by atoms with van der Waals surface area (Å²) < 4.78 is 23.5. The van der Waals surface area contributed by atoms with Gasteiger partial charge in [-0.15, -0.1) is 0 Å². The highest BCUT2D eigenvalue weighted by Crippen LogP contribution is 2.55. The average Bonchev–Trinajstić information content (AvgIpc) is 3.01.